The van der Waals surface area contributed by atoms with Crippen molar-refractivity contribution >= 4 is 58.0 Å². The Morgan fingerprint density at radius 3 is 2.15 bits per heavy atom. The number of nitrogens with zero attached hydrogens (tertiary/aromatic N) is 3. The average molecular weight is 923 g/mol. The third-order valence-corrected chi connectivity index (χ3v) is 11.2. The molecule has 1 aromatic heterocycles. The molecule has 0 fully saturated rings. The van der Waals surface area contributed by atoms with E-state index in [9.17, 15) is 28.8 Å². The minimum Gasteiger partial charge on any atom is -0.445 e. The zero-order chi connectivity index (χ0) is 47.9. The fourth-order valence-electron chi connectivity index (χ4n) is 7.29. The SMILES string of the molecule is Cc1ccc(C(=O)N(CCCNC(=O)OCc2ccc(NC(=O)C(CCCNC(N)=O)NC(=O)C(N)C(C)C)cc2)C(c2nc3cc(Cl)ccc3c(=O)n2Cc2ccccc2)C(C)C)cc1. The number of aryl methyl sites for hydroxylation is 1. The van der Waals surface area contributed by atoms with E-state index in [1.54, 1.807) is 77.9 Å². The second-order valence-corrected chi connectivity index (χ2v) is 17.3. The number of anilines is 1. The number of ether oxygens (including phenoxy) is 1. The molecule has 8 N–H and O–H groups in total. The lowest BCUT2D eigenvalue weighted by molar-refractivity contribution is -0.128. The standard InChI is InChI=1S/C49H60ClN9O7/c1-30(2)41(51)45(61)57-39(13-9-24-53-48(52)64)44(60)55-37-21-16-34(17-22-37)29-66-49(65)54-25-10-26-58(46(62)35-18-14-32(5)15-19-35)42(31(3)4)43-56-40-27-36(50)20-23-38(40)47(63)59(43)28-33-11-7-6-8-12-33/h6-8,11-12,14-23,27,30-31,39,41-42H,9-10,13,24-26,28-29,51H2,1-5H3,(H,54,65)(H,55,60)(H,57,61)(H3,52,53,64). The Labute approximate surface area is 389 Å². The number of amides is 6. The summed E-state index contributed by atoms with van der Waals surface area (Å²) < 4.78 is 7.13. The molecule has 1 heterocycles. The van der Waals surface area contributed by atoms with Crippen LogP contribution in [0.3, 0.4) is 0 Å². The Morgan fingerprint density at radius 2 is 1.50 bits per heavy atom. The molecule has 0 saturated heterocycles. The first-order valence-corrected chi connectivity index (χ1v) is 22.4. The number of urea groups is 1. The van der Waals surface area contributed by atoms with E-state index in [2.05, 4.69) is 21.3 Å². The van der Waals surface area contributed by atoms with Crippen molar-refractivity contribution in [1.82, 2.24) is 30.4 Å². The molecule has 0 spiro atoms. The van der Waals surface area contributed by atoms with Crippen LogP contribution >= 0.6 is 11.6 Å². The molecular formula is C49H60ClN9O7. The highest BCUT2D eigenvalue weighted by atomic mass is 35.5. The minimum absolute atomic E-state index is 0.0667. The number of carbonyl (C=O) groups excluding carboxylic acids is 5. The van der Waals surface area contributed by atoms with E-state index < -0.39 is 42.1 Å². The summed E-state index contributed by atoms with van der Waals surface area (Å²) in [7, 11) is 0. The summed E-state index contributed by atoms with van der Waals surface area (Å²) in [5, 5.41) is 11.6. The lowest BCUT2D eigenvalue weighted by atomic mass is 9.98. The quantitative estimate of drug-likeness (QED) is 0.0446. The maximum atomic E-state index is 14.5. The molecule has 0 saturated carbocycles. The highest BCUT2D eigenvalue weighted by Gasteiger charge is 2.33. The molecule has 0 aliphatic carbocycles. The number of rotatable bonds is 21. The van der Waals surface area contributed by atoms with Crippen molar-refractivity contribution in [2.45, 2.75) is 85.2 Å². The summed E-state index contributed by atoms with van der Waals surface area (Å²) in [6, 6.07) is 25.5. The van der Waals surface area contributed by atoms with Crippen LogP contribution in [0.4, 0.5) is 15.3 Å². The van der Waals surface area contributed by atoms with E-state index in [1.165, 1.54) is 0 Å². The maximum Gasteiger partial charge on any atom is 0.407 e. The van der Waals surface area contributed by atoms with Crippen LogP contribution in [-0.4, -0.2) is 76.0 Å². The number of nitrogens with one attached hydrogen (secondary N) is 4. The summed E-state index contributed by atoms with van der Waals surface area (Å²) >= 11 is 6.39. The Hall–Kier alpha value is -6.78. The van der Waals surface area contributed by atoms with Crippen molar-refractivity contribution in [1.29, 1.82) is 0 Å². The van der Waals surface area contributed by atoms with E-state index in [1.807, 2.05) is 63.2 Å². The van der Waals surface area contributed by atoms with Gasteiger partial charge in [0.25, 0.3) is 11.5 Å². The zero-order valence-electron chi connectivity index (χ0n) is 38.0. The molecule has 6 amide bonds. The molecule has 350 valence electrons. The van der Waals surface area contributed by atoms with E-state index in [4.69, 9.17) is 32.8 Å². The van der Waals surface area contributed by atoms with Gasteiger partial charge >= 0.3 is 12.1 Å². The van der Waals surface area contributed by atoms with Gasteiger partial charge in [-0.2, -0.15) is 0 Å². The second kappa shape index (κ2) is 23.9. The number of hydrogen-bond donors (Lipinski definition) is 6. The first-order valence-electron chi connectivity index (χ1n) is 22.0. The van der Waals surface area contributed by atoms with Crippen molar-refractivity contribution in [2.75, 3.05) is 25.0 Å². The van der Waals surface area contributed by atoms with Gasteiger partial charge in [-0.05, 0) is 91.6 Å². The summed E-state index contributed by atoms with van der Waals surface area (Å²) in [6.45, 7) is 10.3. The molecule has 0 bridgehead atoms. The Morgan fingerprint density at radius 1 is 0.818 bits per heavy atom. The minimum atomic E-state index is -0.926. The fourth-order valence-corrected chi connectivity index (χ4v) is 7.46. The van der Waals surface area contributed by atoms with Crippen LogP contribution in [0.25, 0.3) is 10.9 Å². The monoisotopic (exact) mass is 921 g/mol. The van der Waals surface area contributed by atoms with E-state index in [0.29, 0.717) is 51.4 Å². The van der Waals surface area contributed by atoms with Crippen LogP contribution < -0.4 is 38.3 Å². The zero-order valence-corrected chi connectivity index (χ0v) is 38.8. The largest absolute Gasteiger partial charge is 0.445 e. The van der Waals surface area contributed by atoms with Gasteiger partial charge in [-0.1, -0.05) is 99.5 Å². The first-order chi connectivity index (χ1) is 31.5. The lowest BCUT2D eigenvalue weighted by Crippen LogP contribution is -2.51. The van der Waals surface area contributed by atoms with Crippen LogP contribution in [0.2, 0.25) is 5.02 Å². The van der Waals surface area contributed by atoms with Gasteiger partial charge in [0.1, 0.15) is 18.5 Å². The van der Waals surface area contributed by atoms with Crippen LogP contribution in [0.15, 0.2) is 102 Å². The van der Waals surface area contributed by atoms with E-state index in [0.717, 1.165) is 11.1 Å². The van der Waals surface area contributed by atoms with Crippen LogP contribution in [0, 0.1) is 18.8 Å². The summed E-state index contributed by atoms with van der Waals surface area (Å²) in [6.07, 6.45) is 0.269. The molecule has 66 heavy (non-hydrogen) atoms. The predicted molar refractivity (Wildman–Crippen MR) is 256 cm³/mol. The molecule has 17 heteroatoms. The molecule has 16 nitrogen and oxygen atoms in total. The van der Waals surface area contributed by atoms with Crippen LogP contribution in [-0.2, 0) is 27.5 Å². The molecule has 0 aliphatic rings. The van der Waals surface area contributed by atoms with E-state index in [-0.39, 0.29) is 62.5 Å². The Balaban J connectivity index is 1.25. The number of aromatic nitrogens is 2. The number of carbonyl (C=O) groups is 5. The van der Waals surface area contributed by atoms with Gasteiger partial charge in [0.15, 0.2) is 0 Å². The normalized spacial score (nSPS) is 12.6. The van der Waals surface area contributed by atoms with Crippen molar-refractivity contribution in [3.8, 4) is 0 Å². The maximum absolute atomic E-state index is 14.5. The molecule has 5 rings (SSSR count). The van der Waals surface area contributed by atoms with Crippen molar-refractivity contribution in [2.24, 2.45) is 23.3 Å². The molecule has 3 unspecified atom stereocenters. The molecule has 0 radical (unpaired) electrons. The van der Waals surface area contributed by atoms with Crippen LogP contribution in [0.5, 0.6) is 0 Å². The van der Waals surface area contributed by atoms with Crippen molar-refractivity contribution in [3.63, 3.8) is 0 Å². The number of hydrogen-bond acceptors (Lipinski definition) is 9. The summed E-state index contributed by atoms with van der Waals surface area (Å²) in [5.41, 5.74) is 14.8. The number of fused-ring (bicyclic) bond motifs is 1. The third kappa shape index (κ3) is 14.1. The van der Waals surface area contributed by atoms with Gasteiger partial charge in [-0.15, -0.1) is 0 Å². The number of benzene rings is 4. The number of alkyl carbamates (subject to hydrolysis) is 1. The number of primary amides is 1. The van der Waals surface area contributed by atoms with Gasteiger partial charge in [-0.3, -0.25) is 23.7 Å². The Bertz CT molecular complexity index is 2520. The van der Waals surface area contributed by atoms with Gasteiger partial charge in [0.05, 0.1) is 29.5 Å². The first kappa shape index (κ1) is 50.2. The van der Waals surface area contributed by atoms with Crippen molar-refractivity contribution < 1.29 is 28.7 Å². The Kier molecular flexibility index (Phi) is 18.2. The molecule has 0 aliphatic heterocycles. The molecular weight excluding hydrogens is 862 g/mol. The highest BCUT2D eigenvalue weighted by Crippen LogP contribution is 2.31. The van der Waals surface area contributed by atoms with Gasteiger partial charge in [0.2, 0.25) is 11.8 Å². The van der Waals surface area contributed by atoms with Gasteiger partial charge in [0, 0.05) is 35.9 Å². The molecule has 4 aromatic carbocycles. The lowest BCUT2D eigenvalue weighted by Gasteiger charge is -2.35. The summed E-state index contributed by atoms with van der Waals surface area (Å²) in [4.78, 5) is 85.5. The topological polar surface area (TPSA) is 233 Å². The predicted octanol–water partition coefficient (Wildman–Crippen LogP) is 6.42. The number of nitrogens with two attached hydrogens (primary N) is 2. The van der Waals surface area contributed by atoms with Gasteiger partial charge < -0.3 is 42.4 Å². The third-order valence-electron chi connectivity index (χ3n) is 11.0. The number of halogens is 1. The highest BCUT2D eigenvalue weighted by molar-refractivity contribution is 6.31. The molecule has 5 aromatic rings. The fraction of sp³-hybridized carbons (Fsp3) is 0.367. The van der Waals surface area contributed by atoms with Crippen LogP contribution in [0.1, 0.15) is 85.9 Å². The molecule has 3 atom stereocenters. The van der Waals surface area contributed by atoms with E-state index >= 15 is 0 Å². The van der Waals surface area contributed by atoms with Crippen molar-refractivity contribution in [3.05, 3.63) is 141 Å². The smallest absolute Gasteiger partial charge is 0.407 e. The summed E-state index contributed by atoms with van der Waals surface area (Å²) in [5.74, 6) is -1.13. The average Bonchev–Trinajstić information content (AvgIpc) is 3.28. The second-order valence-electron chi connectivity index (χ2n) is 16.9. The van der Waals surface area contributed by atoms with Gasteiger partial charge in [-0.25, -0.2) is 14.6 Å².